The second-order valence-corrected chi connectivity index (χ2v) is 4.98. The Labute approximate surface area is 130 Å². The van der Waals surface area contributed by atoms with Crippen LogP contribution in [-0.4, -0.2) is 44.1 Å². The number of amides is 1. The highest BCUT2D eigenvalue weighted by Crippen LogP contribution is 2.28. The van der Waals surface area contributed by atoms with E-state index in [1.165, 1.54) is 0 Å². The van der Waals surface area contributed by atoms with E-state index in [1.54, 1.807) is 0 Å². The van der Waals surface area contributed by atoms with Crippen LogP contribution in [0.25, 0.3) is 0 Å². The molecule has 1 aliphatic heterocycles. The van der Waals surface area contributed by atoms with Crippen LogP contribution in [0.3, 0.4) is 0 Å². The topological polar surface area (TPSA) is 41.6 Å². The van der Waals surface area contributed by atoms with Crippen molar-refractivity contribution in [2.75, 3.05) is 33.3 Å². The minimum absolute atomic E-state index is 0. The molecule has 1 aromatic rings. The first-order valence-corrected chi connectivity index (χ1v) is 6.88. The van der Waals surface area contributed by atoms with Gasteiger partial charge in [-0.3, -0.25) is 4.79 Å². The van der Waals surface area contributed by atoms with Gasteiger partial charge in [0.15, 0.2) is 0 Å². The fourth-order valence-electron chi connectivity index (χ4n) is 2.19. The van der Waals surface area contributed by atoms with E-state index in [-0.39, 0.29) is 24.4 Å². The second kappa shape index (κ2) is 8.47. The molecule has 0 aromatic heterocycles. The van der Waals surface area contributed by atoms with Gasteiger partial charge in [-0.25, -0.2) is 0 Å². The van der Waals surface area contributed by atoms with Gasteiger partial charge >= 0.3 is 0 Å². The van der Waals surface area contributed by atoms with Crippen LogP contribution < -0.4 is 5.32 Å². The standard InChI is InChI=1S/C14H19ClN2O2.ClH/c1-16-7-6-14(18)17-8-9-19-13(10-17)11-4-2-3-5-12(11)15;/h2-5,13,16H,6-10H2,1H3;1H. The summed E-state index contributed by atoms with van der Waals surface area (Å²) in [6, 6.07) is 7.63. The quantitative estimate of drug-likeness (QED) is 0.926. The average molecular weight is 319 g/mol. The minimum atomic E-state index is -0.124. The Morgan fingerprint density at radius 1 is 1.50 bits per heavy atom. The number of nitrogens with one attached hydrogen (secondary N) is 1. The van der Waals surface area contributed by atoms with Crippen molar-refractivity contribution in [2.45, 2.75) is 12.5 Å². The lowest BCUT2D eigenvalue weighted by Gasteiger charge is -2.33. The molecule has 1 aromatic carbocycles. The smallest absolute Gasteiger partial charge is 0.224 e. The summed E-state index contributed by atoms with van der Waals surface area (Å²) >= 11 is 6.18. The van der Waals surface area contributed by atoms with E-state index in [4.69, 9.17) is 16.3 Å². The van der Waals surface area contributed by atoms with Gasteiger partial charge in [-0.15, -0.1) is 12.4 Å². The molecule has 0 spiro atoms. The minimum Gasteiger partial charge on any atom is -0.370 e. The molecule has 0 radical (unpaired) electrons. The van der Waals surface area contributed by atoms with E-state index in [0.717, 1.165) is 5.56 Å². The summed E-state index contributed by atoms with van der Waals surface area (Å²) in [7, 11) is 1.85. The molecule has 0 bridgehead atoms. The van der Waals surface area contributed by atoms with E-state index >= 15 is 0 Å². The van der Waals surface area contributed by atoms with Crippen LogP contribution in [0.4, 0.5) is 0 Å². The van der Waals surface area contributed by atoms with Crippen molar-refractivity contribution in [3.63, 3.8) is 0 Å². The van der Waals surface area contributed by atoms with E-state index in [1.807, 2.05) is 36.2 Å². The molecular formula is C14H20Cl2N2O2. The molecule has 0 aliphatic carbocycles. The van der Waals surface area contributed by atoms with E-state index in [9.17, 15) is 4.79 Å². The number of benzene rings is 1. The van der Waals surface area contributed by atoms with Gasteiger partial charge in [0.1, 0.15) is 6.10 Å². The predicted octanol–water partition coefficient (Wildman–Crippen LogP) is 2.27. The molecule has 1 saturated heterocycles. The first-order valence-electron chi connectivity index (χ1n) is 6.50. The van der Waals surface area contributed by atoms with Crippen molar-refractivity contribution in [2.24, 2.45) is 0 Å². The lowest BCUT2D eigenvalue weighted by atomic mass is 10.1. The fraction of sp³-hybridized carbons (Fsp3) is 0.500. The summed E-state index contributed by atoms with van der Waals surface area (Å²) in [5, 5.41) is 3.68. The monoisotopic (exact) mass is 318 g/mol. The maximum absolute atomic E-state index is 12.0. The Bertz CT molecular complexity index is 443. The summed E-state index contributed by atoms with van der Waals surface area (Å²) in [6.07, 6.45) is 0.395. The molecule has 2 rings (SSSR count). The van der Waals surface area contributed by atoms with Crippen LogP contribution in [0.2, 0.25) is 5.02 Å². The number of nitrogens with zero attached hydrogens (tertiary/aromatic N) is 1. The van der Waals surface area contributed by atoms with Gasteiger partial charge in [0.25, 0.3) is 0 Å². The normalized spacial score (nSPS) is 18.5. The summed E-state index contributed by atoms with van der Waals surface area (Å²) in [6.45, 7) is 2.49. The second-order valence-electron chi connectivity index (χ2n) is 4.57. The molecule has 112 valence electrons. The Morgan fingerprint density at radius 2 is 2.25 bits per heavy atom. The SMILES string of the molecule is CNCCC(=O)N1CCOC(c2ccccc2Cl)C1.Cl. The summed E-state index contributed by atoms with van der Waals surface area (Å²) in [4.78, 5) is 13.9. The Hall–Kier alpha value is -0.810. The van der Waals surface area contributed by atoms with Gasteiger partial charge in [0, 0.05) is 30.1 Å². The van der Waals surface area contributed by atoms with Gasteiger partial charge in [0.2, 0.25) is 5.91 Å². The van der Waals surface area contributed by atoms with Gasteiger partial charge in [-0.05, 0) is 13.1 Å². The molecule has 1 fully saturated rings. The zero-order valence-corrected chi connectivity index (χ0v) is 13.0. The van der Waals surface area contributed by atoms with Crippen LogP contribution >= 0.6 is 24.0 Å². The number of rotatable bonds is 4. The molecule has 1 unspecified atom stereocenters. The highest BCUT2D eigenvalue weighted by Gasteiger charge is 2.26. The molecule has 6 heteroatoms. The first kappa shape index (κ1) is 17.2. The number of ether oxygens (including phenoxy) is 1. The van der Waals surface area contributed by atoms with Crippen molar-refractivity contribution in [3.05, 3.63) is 34.9 Å². The highest BCUT2D eigenvalue weighted by atomic mass is 35.5. The number of hydrogen-bond donors (Lipinski definition) is 1. The number of carbonyl (C=O) groups excluding carboxylic acids is 1. The average Bonchev–Trinajstić information content (AvgIpc) is 2.45. The Morgan fingerprint density at radius 3 is 2.95 bits per heavy atom. The Kier molecular flexibility index (Phi) is 7.30. The van der Waals surface area contributed by atoms with Gasteiger partial charge < -0.3 is 15.0 Å². The van der Waals surface area contributed by atoms with Crippen molar-refractivity contribution in [1.29, 1.82) is 0 Å². The summed E-state index contributed by atoms with van der Waals surface area (Å²) in [5.41, 5.74) is 0.954. The molecule has 1 atom stereocenters. The van der Waals surface area contributed by atoms with Crippen molar-refractivity contribution in [3.8, 4) is 0 Å². The zero-order valence-electron chi connectivity index (χ0n) is 11.5. The van der Waals surface area contributed by atoms with Crippen LogP contribution in [0.15, 0.2) is 24.3 Å². The lowest BCUT2D eigenvalue weighted by molar-refractivity contribution is -0.138. The number of morpholine rings is 1. The number of hydrogen-bond acceptors (Lipinski definition) is 3. The van der Waals surface area contributed by atoms with Crippen molar-refractivity contribution < 1.29 is 9.53 Å². The third-order valence-electron chi connectivity index (χ3n) is 3.26. The zero-order chi connectivity index (χ0) is 13.7. The van der Waals surface area contributed by atoms with Crippen molar-refractivity contribution >= 4 is 29.9 Å². The molecule has 1 heterocycles. The van der Waals surface area contributed by atoms with E-state index in [0.29, 0.717) is 37.7 Å². The highest BCUT2D eigenvalue weighted by molar-refractivity contribution is 6.31. The molecule has 4 nitrogen and oxygen atoms in total. The molecular weight excluding hydrogens is 299 g/mol. The largest absolute Gasteiger partial charge is 0.370 e. The van der Waals surface area contributed by atoms with E-state index < -0.39 is 0 Å². The summed E-state index contributed by atoms with van der Waals surface area (Å²) in [5.74, 6) is 0.162. The maximum atomic E-state index is 12.0. The van der Waals surface area contributed by atoms with Crippen LogP contribution in [0.1, 0.15) is 18.1 Å². The first-order chi connectivity index (χ1) is 9.22. The lowest BCUT2D eigenvalue weighted by Crippen LogP contribution is -2.43. The van der Waals surface area contributed by atoms with Gasteiger partial charge in [0.05, 0.1) is 13.2 Å². The van der Waals surface area contributed by atoms with Crippen LogP contribution in [-0.2, 0) is 9.53 Å². The van der Waals surface area contributed by atoms with Gasteiger partial charge in [-0.2, -0.15) is 0 Å². The molecule has 1 amide bonds. The third kappa shape index (κ3) is 4.35. The third-order valence-corrected chi connectivity index (χ3v) is 3.60. The van der Waals surface area contributed by atoms with Crippen molar-refractivity contribution in [1.82, 2.24) is 10.2 Å². The molecule has 1 N–H and O–H groups in total. The number of halogens is 2. The number of carbonyl (C=O) groups is 1. The van der Waals surface area contributed by atoms with Gasteiger partial charge in [-0.1, -0.05) is 29.8 Å². The Balaban J connectivity index is 0.00000200. The molecule has 1 aliphatic rings. The molecule has 0 saturated carbocycles. The van der Waals surface area contributed by atoms with Crippen LogP contribution in [0, 0.1) is 0 Å². The molecule has 20 heavy (non-hydrogen) atoms. The maximum Gasteiger partial charge on any atom is 0.224 e. The van der Waals surface area contributed by atoms with Crippen LogP contribution in [0.5, 0.6) is 0 Å². The van der Waals surface area contributed by atoms with E-state index in [2.05, 4.69) is 5.32 Å². The summed E-state index contributed by atoms with van der Waals surface area (Å²) < 4.78 is 5.74. The fourth-order valence-corrected chi connectivity index (χ4v) is 2.45. The predicted molar refractivity (Wildman–Crippen MR) is 82.5 cm³/mol.